The van der Waals surface area contributed by atoms with E-state index >= 15 is 0 Å². The Kier molecular flexibility index (Phi) is 6.71. The molecule has 0 heterocycles. The van der Waals surface area contributed by atoms with E-state index < -0.39 is 0 Å². The van der Waals surface area contributed by atoms with Gasteiger partial charge in [0.15, 0.2) is 0 Å². The van der Waals surface area contributed by atoms with Crippen LogP contribution in [0.1, 0.15) is 33.1 Å². The fourth-order valence-corrected chi connectivity index (χ4v) is 2.29. The molecule has 0 spiro atoms. The van der Waals surface area contributed by atoms with Gasteiger partial charge in [-0.3, -0.25) is 0 Å². The molecule has 0 bridgehead atoms. The van der Waals surface area contributed by atoms with Crippen molar-refractivity contribution in [3.8, 4) is 5.75 Å². The van der Waals surface area contributed by atoms with Crippen LogP contribution in [0.3, 0.4) is 0 Å². The van der Waals surface area contributed by atoms with Crippen molar-refractivity contribution in [3.63, 3.8) is 0 Å². The predicted octanol–water partition coefficient (Wildman–Crippen LogP) is 3.30. The molecule has 3 heteroatoms. The summed E-state index contributed by atoms with van der Waals surface area (Å²) in [5.41, 5.74) is 1.17. The van der Waals surface area contributed by atoms with Crippen LogP contribution >= 0.6 is 0 Å². The first kappa shape index (κ1) is 15.8. The highest BCUT2D eigenvalue weighted by atomic mass is 16.5. The lowest BCUT2D eigenvalue weighted by molar-refractivity contribution is 0.147. The second-order valence-electron chi connectivity index (χ2n) is 5.14. The Hall–Kier alpha value is -1.22. The Balaban J connectivity index is 2.77. The second kappa shape index (κ2) is 8.05. The zero-order valence-corrected chi connectivity index (χ0v) is 12.9. The van der Waals surface area contributed by atoms with Gasteiger partial charge in [-0.15, -0.1) is 0 Å². The number of ether oxygens (including phenoxy) is 1. The van der Waals surface area contributed by atoms with Crippen LogP contribution < -0.4 is 15.0 Å². The van der Waals surface area contributed by atoms with Gasteiger partial charge in [0.05, 0.1) is 0 Å². The van der Waals surface area contributed by atoms with Crippen molar-refractivity contribution < 1.29 is 4.74 Å². The molecule has 0 aliphatic heterocycles. The van der Waals surface area contributed by atoms with Crippen molar-refractivity contribution in [3.05, 3.63) is 24.3 Å². The smallest absolute Gasteiger partial charge is 0.121 e. The molecule has 0 aliphatic carbocycles. The molecule has 2 atom stereocenters. The average Bonchev–Trinajstić information content (AvgIpc) is 2.42. The van der Waals surface area contributed by atoms with Gasteiger partial charge in [-0.05, 0) is 32.0 Å². The zero-order valence-electron chi connectivity index (χ0n) is 12.9. The monoisotopic (exact) mass is 264 g/mol. The van der Waals surface area contributed by atoms with E-state index in [1.165, 1.54) is 12.1 Å². The maximum atomic E-state index is 6.17. The Morgan fingerprint density at radius 3 is 2.53 bits per heavy atom. The summed E-state index contributed by atoms with van der Waals surface area (Å²) >= 11 is 0. The summed E-state index contributed by atoms with van der Waals surface area (Å²) in [7, 11) is 6.11. The molecular weight excluding hydrogens is 236 g/mol. The minimum atomic E-state index is 0.224. The Morgan fingerprint density at radius 1 is 1.26 bits per heavy atom. The van der Waals surface area contributed by atoms with Gasteiger partial charge in [0.25, 0.3) is 0 Å². The van der Waals surface area contributed by atoms with E-state index in [4.69, 9.17) is 4.74 Å². The van der Waals surface area contributed by atoms with Gasteiger partial charge in [-0.25, -0.2) is 0 Å². The van der Waals surface area contributed by atoms with Crippen molar-refractivity contribution in [2.75, 3.05) is 26.0 Å². The maximum Gasteiger partial charge on any atom is 0.121 e. The zero-order chi connectivity index (χ0) is 14.3. The van der Waals surface area contributed by atoms with Gasteiger partial charge >= 0.3 is 0 Å². The summed E-state index contributed by atoms with van der Waals surface area (Å²) in [6, 6.07) is 8.69. The third-order valence-corrected chi connectivity index (χ3v) is 3.44. The van der Waals surface area contributed by atoms with Crippen LogP contribution in [0.2, 0.25) is 0 Å². The predicted molar refractivity (Wildman–Crippen MR) is 83.2 cm³/mol. The first-order valence-electron chi connectivity index (χ1n) is 7.23. The molecular formula is C16H28N2O. The van der Waals surface area contributed by atoms with Gasteiger partial charge in [0.2, 0.25) is 0 Å². The van der Waals surface area contributed by atoms with E-state index in [1.807, 2.05) is 33.3 Å². The van der Waals surface area contributed by atoms with Crippen LogP contribution in [-0.4, -0.2) is 33.3 Å². The molecule has 1 aromatic carbocycles. The largest absolute Gasteiger partial charge is 0.489 e. The molecule has 3 nitrogen and oxygen atoms in total. The summed E-state index contributed by atoms with van der Waals surface area (Å²) in [6.07, 6.45) is 3.55. The Bertz CT molecular complexity index is 366. The Labute approximate surface area is 118 Å². The molecule has 0 fully saturated rings. The number of hydrogen-bond acceptors (Lipinski definition) is 3. The van der Waals surface area contributed by atoms with E-state index in [2.05, 4.69) is 36.2 Å². The van der Waals surface area contributed by atoms with Crippen LogP contribution in [0.15, 0.2) is 24.3 Å². The van der Waals surface area contributed by atoms with Crippen LogP contribution in [0.5, 0.6) is 5.75 Å². The third kappa shape index (κ3) is 4.75. The molecule has 0 saturated heterocycles. The molecule has 19 heavy (non-hydrogen) atoms. The molecule has 2 unspecified atom stereocenters. The van der Waals surface area contributed by atoms with E-state index in [0.29, 0.717) is 6.04 Å². The molecule has 1 N–H and O–H groups in total. The van der Waals surface area contributed by atoms with Gasteiger partial charge in [0.1, 0.15) is 11.9 Å². The van der Waals surface area contributed by atoms with Crippen molar-refractivity contribution in [2.24, 2.45) is 0 Å². The molecule has 0 aliphatic rings. The summed E-state index contributed by atoms with van der Waals surface area (Å²) < 4.78 is 6.17. The lowest BCUT2D eigenvalue weighted by Crippen LogP contribution is -2.40. The first-order chi connectivity index (χ1) is 9.12. The topological polar surface area (TPSA) is 24.5 Å². The quantitative estimate of drug-likeness (QED) is 0.779. The molecule has 108 valence electrons. The van der Waals surface area contributed by atoms with E-state index in [-0.39, 0.29) is 6.10 Å². The number of benzene rings is 1. The summed E-state index contributed by atoms with van der Waals surface area (Å²) in [5.74, 6) is 0.953. The van der Waals surface area contributed by atoms with E-state index in [1.54, 1.807) is 0 Å². The molecule has 1 aromatic rings. The molecule has 0 aromatic heterocycles. The number of rotatable bonds is 8. The van der Waals surface area contributed by atoms with Gasteiger partial charge in [-0.1, -0.05) is 26.3 Å². The highest BCUT2D eigenvalue weighted by Gasteiger charge is 2.19. The number of nitrogens with one attached hydrogen (secondary N) is 1. The standard InChI is InChI=1S/C16H28N2O/c1-6-9-15(17-3)16(7-2)19-14-11-8-10-13(12-14)18(4)5/h8,10-12,15-17H,6-7,9H2,1-5H3. The SMILES string of the molecule is CCCC(NC)C(CC)Oc1cccc(N(C)C)c1. The van der Waals surface area contributed by atoms with Crippen LogP contribution in [0.4, 0.5) is 5.69 Å². The van der Waals surface area contributed by atoms with E-state index in [9.17, 15) is 0 Å². The number of anilines is 1. The molecule has 0 amide bonds. The minimum absolute atomic E-state index is 0.224. The highest BCUT2D eigenvalue weighted by molar-refractivity contribution is 5.49. The van der Waals surface area contributed by atoms with Crippen molar-refractivity contribution in [1.29, 1.82) is 0 Å². The van der Waals surface area contributed by atoms with Crippen LogP contribution in [0.25, 0.3) is 0 Å². The van der Waals surface area contributed by atoms with Gasteiger partial charge in [-0.2, -0.15) is 0 Å². The molecule has 1 rings (SSSR count). The highest BCUT2D eigenvalue weighted by Crippen LogP contribution is 2.22. The number of likely N-dealkylation sites (N-methyl/N-ethyl adjacent to an activating group) is 1. The number of nitrogens with zero attached hydrogens (tertiary/aromatic N) is 1. The summed E-state index contributed by atoms with van der Waals surface area (Å²) in [6.45, 7) is 4.39. The minimum Gasteiger partial charge on any atom is -0.489 e. The lowest BCUT2D eigenvalue weighted by atomic mass is 10.0. The molecule has 0 radical (unpaired) electrons. The Morgan fingerprint density at radius 2 is 2.00 bits per heavy atom. The average molecular weight is 264 g/mol. The van der Waals surface area contributed by atoms with Crippen molar-refractivity contribution >= 4 is 5.69 Å². The van der Waals surface area contributed by atoms with Crippen LogP contribution in [-0.2, 0) is 0 Å². The van der Waals surface area contributed by atoms with Crippen LogP contribution in [0, 0.1) is 0 Å². The molecule has 0 saturated carbocycles. The summed E-state index contributed by atoms with van der Waals surface area (Å²) in [5, 5.41) is 3.38. The summed E-state index contributed by atoms with van der Waals surface area (Å²) in [4.78, 5) is 2.09. The first-order valence-corrected chi connectivity index (χ1v) is 7.23. The fourth-order valence-electron chi connectivity index (χ4n) is 2.29. The normalized spacial score (nSPS) is 13.9. The van der Waals surface area contributed by atoms with Gasteiger partial charge in [0, 0.05) is 31.9 Å². The van der Waals surface area contributed by atoms with Crippen molar-refractivity contribution in [2.45, 2.75) is 45.3 Å². The number of hydrogen-bond donors (Lipinski definition) is 1. The lowest BCUT2D eigenvalue weighted by Gasteiger charge is -2.27. The van der Waals surface area contributed by atoms with Gasteiger partial charge < -0.3 is 15.0 Å². The van der Waals surface area contributed by atoms with E-state index in [0.717, 1.165) is 18.6 Å². The fraction of sp³-hybridized carbons (Fsp3) is 0.625. The second-order valence-corrected chi connectivity index (χ2v) is 5.14. The maximum absolute atomic E-state index is 6.17. The third-order valence-electron chi connectivity index (χ3n) is 3.44. The van der Waals surface area contributed by atoms with Crippen molar-refractivity contribution in [1.82, 2.24) is 5.32 Å².